The molecule has 7 nitrogen and oxygen atoms in total. The molecule has 6 rings (SSSR count). The minimum Gasteiger partial charge on any atom is -0.306 e. The van der Waals surface area contributed by atoms with Gasteiger partial charge in [0.1, 0.15) is 5.69 Å². The number of H-pyrrole nitrogens is 1. The first-order valence-electron chi connectivity index (χ1n) is 11.6. The molecule has 0 bridgehead atoms. The molecule has 6 aromatic rings. The molecule has 0 saturated heterocycles. The average molecular weight is 530 g/mol. The van der Waals surface area contributed by atoms with Crippen LogP contribution in [0.1, 0.15) is 12.1 Å². The summed E-state index contributed by atoms with van der Waals surface area (Å²) in [6.07, 6.45) is 1.76. The minimum absolute atomic E-state index is 0.241. The molecule has 0 fully saturated rings. The number of rotatable bonds is 4. The van der Waals surface area contributed by atoms with Crippen LogP contribution in [0.2, 0.25) is 5.02 Å². The van der Waals surface area contributed by atoms with Crippen LogP contribution in [0.3, 0.4) is 0 Å². The third kappa shape index (κ3) is 3.71. The molecule has 0 atom stereocenters. The zero-order chi connectivity index (χ0) is 26.6. The number of benzene rings is 3. The van der Waals surface area contributed by atoms with Crippen molar-refractivity contribution in [2.75, 3.05) is 0 Å². The van der Waals surface area contributed by atoms with E-state index in [0.717, 1.165) is 14.6 Å². The molecule has 3 heterocycles. The number of pyridine rings is 1. The Morgan fingerprint density at radius 2 is 1.74 bits per heavy atom. The molecule has 188 valence electrons. The fourth-order valence-electron chi connectivity index (χ4n) is 4.83. The van der Waals surface area contributed by atoms with Gasteiger partial charge in [-0.05, 0) is 29.3 Å². The van der Waals surface area contributed by atoms with E-state index in [4.69, 9.17) is 11.6 Å². The first-order chi connectivity index (χ1) is 18.3. The van der Waals surface area contributed by atoms with Gasteiger partial charge in [-0.15, -0.1) is 0 Å². The number of hydrogen-bond donors (Lipinski definition) is 1. The van der Waals surface area contributed by atoms with Crippen LogP contribution in [0.25, 0.3) is 49.6 Å². The molecule has 0 aliphatic heterocycles. The highest BCUT2D eigenvalue weighted by molar-refractivity contribution is 6.34. The van der Waals surface area contributed by atoms with Crippen LogP contribution in [0.5, 0.6) is 0 Å². The van der Waals surface area contributed by atoms with Crippen LogP contribution in [0, 0.1) is 0 Å². The first kappa shape index (κ1) is 23.7. The summed E-state index contributed by atoms with van der Waals surface area (Å²) in [5.41, 5.74) is 0.984. The molecule has 0 unspecified atom stereocenters. The van der Waals surface area contributed by atoms with E-state index in [1.165, 1.54) is 19.4 Å². The van der Waals surface area contributed by atoms with E-state index in [1.54, 1.807) is 42.6 Å². The van der Waals surface area contributed by atoms with Crippen molar-refractivity contribution in [1.29, 1.82) is 0 Å². The highest BCUT2D eigenvalue weighted by atomic mass is 35.5. The standard InChI is InChI=1S/C28H18ClF2N5O2/c1-35-25(26(30)31)20(13-33-35)18-7-4-8-21(29)24(18)15-9-10-19-22(11-15)34-28(38)36(27(19)37)23-14-32-12-16-5-2-3-6-17(16)23/h2-14,26H,1H3,(H,34,38). The maximum atomic E-state index is 13.8. The molecule has 10 heteroatoms. The normalized spacial score (nSPS) is 11.6. The number of halogens is 3. The van der Waals surface area contributed by atoms with Crippen molar-refractivity contribution in [2.45, 2.75) is 6.43 Å². The lowest BCUT2D eigenvalue weighted by molar-refractivity contribution is 0.141. The van der Waals surface area contributed by atoms with Crippen molar-refractivity contribution in [3.63, 3.8) is 0 Å². The van der Waals surface area contributed by atoms with E-state index in [2.05, 4.69) is 15.1 Å². The monoisotopic (exact) mass is 529 g/mol. The van der Waals surface area contributed by atoms with Crippen molar-refractivity contribution in [2.24, 2.45) is 7.05 Å². The molecule has 0 aliphatic carbocycles. The Kier molecular flexibility index (Phi) is 5.65. The summed E-state index contributed by atoms with van der Waals surface area (Å²) in [7, 11) is 1.45. The third-order valence-electron chi connectivity index (χ3n) is 6.57. The predicted molar refractivity (Wildman–Crippen MR) is 143 cm³/mol. The Labute approximate surface area is 218 Å². The molecular weight excluding hydrogens is 512 g/mol. The van der Waals surface area contributed by atoms with E-state index < -0.39 is 17.7 Å². The van der Waals surface area contributed by atoms with E-state index in [0.29, 0.717) is 32.8 Å². The Morgan fingerprint density at radius 1 is 0.921 bits per heavy atom. The Hall–Kier alpha value is -4.63. The van der Waals surface area contributed by atoms with Crippen LogP contribution in [-0.4, -0.2) is 24.3 Å². The number of alkyl halides is 2. The smallest absolute Gasteiger partial charge is 0.306 e. The van der Waals surface area contributed by atoms with Gasteiger partial charge in [-0.25, -0.2) is 18.1 Å². The van der Waals surface area contributed by atoms with Gasteiger partial charge in [0.2, 0.25) is 0 Å². The fraction of sp³-hybridized carbons (Fsp3) is 0.0714. The molecule has 1 N–H and O–H groups in total. The molecule has 3 aromatic carbocycles. The van der Waals surface area contributed by atoms with Crippen LogP contribution < -0.4 is 11.2 Å². The zero-order valence-electron chi connectivity index (χ0n) is 19.8. The molecule has 0 aliphatic rings. The predicted octanol–water partition coefficient (Wildman–Crippen LogP) is 5.89. The van der Waals surface area contributed by atoms with Crippen LogP contribution in [0.15, 0.2) is 88.8 Å². The largest absolute Gasteiger partial charge is 0.333 e. The number of fused-ring (bicyclic) bond motifs is 2. The number of nitrogens with one attached hydrogen (secondary N) is 1. The summed E-state index contributed by atoms with van der Waals surface area (Å²) in [4.78, 5) is 33.7. The summed E-state index contributed by atoms with van der Waals surface area (Å²) in [5, 5.41) is 6.09. The minimum atomic E-state index is -2.75. The molecular formula is C28H18ClF2N5O2. The molecule has 3 aromatic heterocycles. The Morgan fingerprint density at radius 3 is 2.55 bits per heavy atom. The SMILES string of the molecule is Cn1ncc(-c2cccc(Cl)c2-c2ccc3c(=O)n(-c4cncc5ccccc45)c(=O)[nH]c3c2)c1C(F)F. The quantitative estimate of drug-likeness (QED) is 0.309. The van der Waals surface area contributed by atoms with E-state index in [-0.39, 0.29) is 22.2 Å². The van der Waals surface area contributed by atoms with Crippen molar-refractivity contribution in [3.8, 4) is 27.9 Å². The van der Waals surface area contributed by atoms with Crippen molar-refractivity contribution in [1.82, 2.24) is 24.3 Å². The maximum Gasteiger partial charge on any atom is 0.333 e. The number of aromatic amines is 1. The number of aryl methyl sites for hydroxylation is 1. The van der Waals surface area contributed by atoms with E-state index in [9.17, 15) is 18.4 Å². The lowest BCUT2D eigenvalue weighted by atomic mass is 9.94. The van der Waals surface area contributed by atoms with Crippen molar-refractivity contribution >= 4 is 33.3 Å². The topological polar surface area (TPSA) is 85.6 Å². The summed E-state index contributed by atoms with van der Waals surface area (Å²) in [6.45, 7) is 0. The summed E-state index contributed by atoms with van der Waals surface area (Å²) < 4.78 is 29.9. The van der Waals surface area contributed by atoms with Gasteiger partial charge < -0.3 is 4.98 Å². The Bertz CT molecular complexity index is 1990. The van der Waals surface area contributed by atoms with Gasteiger partial charge in [0.15, 0.2) is 0 Å². The highest BCUT2D eigenvalue weighted by Crippen LogP contribution is 2.41. The lowest BCUT2D eigenvalue weighted by Crippen LogP contribution is -2.33. The van der Waals surface area contributed by atoms with Gasteiger partial charge in [0.05, 0.1) is 29.0 Å². The summed E-state index contributed by atoms with van der Waals surface area (Å²) in [5.74, 6) is 0. The van der Waals surface area contributed by atoms with Gasteiger partial charge >= 0.3 is 5.69 Å². The molecule has 38 heavy (non-hydrogen) atoms. The second-order valence-corrected chi connectivity index (χ2v) is 9.15. The molecule has 0 amide bonds. The van der Waals surface area contributed by atoms with Gasteiger partial charge in [-0.3, -0.25) is 14.5 Å². The van der Waals surface area contributed by atoms with E-state index in [1.807, 2.05) is 24.3 Å². The van der Waals surface area contributed by atoms with Crippen molar-refractivity contribution < 1.29 is 8.78 Å². The lowest BCUT2D eigenvalue weighted by Gasteiger charge is -2.14. The first-order valence-corrected chi connectivity index (χ1v) is 11.9. The fourth-order valence-corrected chi connectivity index (χ4v) is 5.11. The molecule has 0 spiro atoms. The highest BCUT2D eigenvalue weighted by Gasteiger charge is 2.23. The molecule has 0 radical (unpaired) electrons. The summed E-state index contributed by atoms with van der Waals surface area (Å²) >= 11 is 6.57. The van der Waals surface area contributed by atoms with Gasteiger partial charge in [0, 0.05) is 40.2 Å². The van der Waals surface area contributed by atoms with Gasteiger partial charge in [-0.1, -0.05) is 54.1 Å². The van der Waals surface area contributed by atoms with Gasteiger partial charge in [-0.2, -0.15) is 5.10 Å². The number of hydrogen-bond acceptors (Lipinski definition) is 4. The third-order valence-corrected chi connectivity index (χ3v) is 6.88. The number of aromatic nitrogens is 5. The van der Waals surface area contributed by atoms with Gasteiger partial charge in [0.25, 0.3) is 12.0 Å². The second kappa shape index (κ2) is 9.04. The average Bonchev–Trinajstić information content (AvgIpc) is 3.30. The Balaban J connectivity index is 1.56. The molecule has 0 saturated carbocycles. The number of nitrogens with zero attached hydrogens (tertiary/aromatic N) is 4. The van der Waals surface area contributed by atoms with Crippen LogP contribution in [-0.2, 0) is 7.05 Å². The van der Waals surface area contributed by atoms with Crippen molar-refractivity contribution in [3.05, 3.63) is 111 Å². The zero-order valence-corrected chi connectivity index (χ0v) is 20.6. The summed E-state index contributed by atoms with van der Waals surface area (Å²) in [6, 6.07) is 17.2. The van der Waals surface area contributed by atoms with Crippen LogP contribution >= 0.6 is 11.6 Å². The van der Waals surface area contributed by atoms with Crippen LogP contribution in [0.4, 0.5) is 8.78 Å². The maximum absolute atomic E-state index is 13.8. The van der Waals surface area contributed by atoms with E-state index >= 15 is 0 Å². The second-order valence-electron chi connectivity index (χ2n) is 8.74.